The van der Waals surface area contributed by atoms with Gasteiger partial charge in [0.2, 0.25) is 5.91 Å². The van der Waals surface area contributed by atoms with Crippen LogP contribution in [0, 0.1) is 0 Å². The molecule has 0 aliphatic carbocycles. The van der Waals surface area contributed by atoms with Gasteiger partial charge in [0.15, 0.2) is 0 Å². The number of alkyl halides is 2. The Morgan fingerprint density at radius 3 is 2.55 bits per heavy atom. The highest BCUT2D eigenvalue weighted by atomic mass is 79.9. The molecule has 1 aliphatic heterocycles. The van der Waals surface area contributed by atoms with Crippen LogP contribution >= 0.6 is 31.9 Å². The number of amides is 3. The molecule has 1 saturated heterocycles. The molecule has 4 nitrogen and oxygen atoms in total. The van der Waals surface area contributed by atoms with Crippen molar-refractivity contribution in [2.75, 3.05) is 0 Å². The van der Waals surface area contributed by atoms with Crippen molar-refractivity contribution in [1.82, 2.24) is 10.6 Å². The summed E-state index contributed by atoms with van der Waals surface area (Å²) in [5.74, 6) is -0.344. The zero-order valence-corrected chi connectivity index (χ0v) is 8.82. The highest BCUT2D eigenvalue weighted by Gasteiger charge is 2.43. The first-order chi connectivity index (χ1) is 4.94. The summed E-state index contributed by atoms with van der Waals surface area (Å²) in [6, 6.07) is -0.478. The molecular weight excluding hydrogens is 280 g/mol. The molecule has 2 N–H and O–H groups in total. The van der Waals surface area contributed by atoms with Crippen LogP contribution in [0.25, 0.3) is 0 Å². The lowest BCUT2D eigenvalue weighted by Crippen LogP contribution is -2.62. The smallest absolute Gasteiger partial charge is 0.322 e. The predicted octanol–water partition coefficient (Wildman–Crippen LogP) is 0.700. The van der Waals surface area contributed by atoms with Gasteiger partial charge in [-0.15, -0.1) is 0 Å². The van der Waals surface area contributed by atoms with E-state index in [0.29, 0.717) is 0 Å². The summed E-state index contributed by atoms with van der Waals surface area (Å²) in [5.41, 5.74) is 0. The lowest BCUT2D eigenvalue weighted by atomic mass is 10.1. The van der Waals surface area contributed by atoms with Crippen LogP contribution in [0.15, 0.2) is 0 Å². The molecule has 1 rings (SSSR count). The minimum Gasteiger partial charge on any atom is -0.323 e. The number of hydrogen-bond acceptors (Lipinski definition) is 2. The van der Waals surface area contributed by atoms with Crippen molar-refractivity contribution in [2.24, 2.45) is 0 Å². The average molecular weight is 286 g/mol. The molecule has 1 aliphatic rings. The van der Waals surface area contributed by atoms with Crippen molar-refractivity contribution in [3.63, 3.8) is 0 Å². The van der Waals surface area contributed by atoms with Gasteiger partial charge in [-0.3, -0.25) is 10.1 Å². The lowest BCUT2D eigenvalue weighted by molar-refractivity contribution is -0.122. The molecule has 0 radical (unpaired) electrons. The van der Waals surface area contributed by atoms with E-state index in [1.165, 1.54) is 0 Å². The van der Waals surface area contributed by atoms with Gasteiger partial charge in [0.05, 0.1) is 0 Å². The number of imide groups is 1. The fourth-order valence-electron chi connectivity index (χ4n) is 0.627. The molecule has 2 unspecified atom stereocenters. The summed E-state index contributed by atoms with van der Waals surface area (Å²) in [5, 5.41) is 4.63. The summed E-state index contributed by atoms with van der Waals surface area (Å²) in [7, 11) is 0. The number of halogens is 2. The normalized spacial score (nSPS) is 37.9. The van der Waals surface area contributed by atoms with Crippen LogP contribution in [0.4, 0.5) is 4.79 Å². The fourth-order valence-corrected chi connectivity index (χ4v) is 1.26. The summed E-state index contributed by atoms with van der Waals surface area (Å²) in [6.07, 6.45) is 0. The van der Waals surface area contributed by atoms with E-state index in [4.69, 9.17) is 0 Å². The van der Waals surface area contributed by atoms with Crippen LogP contribution in [0.2, 0.25) is 0 Å². The number of carbonyl (C=O) groups excluding carboxylic acids is 2. The lowest BCUT2D eigenvalue weighted by Gasteiger charge is -2.31. The maximum atomic E-state index is 11.1. The number of urea groups is 1. The zero-order valence-electron chi connectivity index (χ0n) is 5.65. The van der Waals surface area contributed by atoms with Gasteiger partial charge in [0, 0.05) is 0 Å². The van der Waals surface area contributed by atoms with Crippen molar-refractivity contribution in [1.29, 1.82) is 0 Å². The van der Waals surface area contributed by atoms with Gasteiger partial charge in [0.25, 0.3) is 0 Å². The minimum absolute atomic E-state index is 0.344. The van der Waals surface area contributed by atoms with Crippen LogP contribution in [0.1, 0.15) is 6.92 Å². The van der Waals surface area contributed by atoms with E-state index in [1.807, 2.05) is 0 Å². The highest BCUT2D eigenvalue weighted by Crippen LogP contribution is 2.28. The first kappa shape index (κ1) is 8.99. The molecular formula is C5H6Br2N2O2. The Balaban J connectivity index is 2.84. The van der Waals surface area contributed by atoms with Crippen LogP contribution in [-0.2, 0) is 4.79 Å². The maximum absolute atomic E-state index is 11.1. The topological polar surface area (TPSA) is 58.2 Å². The summed E-state index contributed by atoms with van der Waals surface area (Å²) in [4.78, 5) is 21.4. The highest BCUT2D eigenvalue weighted by molar-refractivity contribution is 9.12. The Bertz CT molecular complexity index is 217. The standard InChI is InChI=1S/C5H6Br2N2O2/c1-5(7)2(6)8-4(11)9-3(5)10/h2H,1H3,(H2,8,9,10,11). The van der Waals surface area contributed by atoms with E-state index >= 15 is 0 Å². The second-order valence-corrected chi connectivity index (χ2v) is 4.93. The summed E-state index contributed by atoms with van der Waals surface area (Å²) >= 11 is 6.33. The van der Waals surface area contributed by atoms with Gasteiger partial charge in [-0.1, -0.05) is 31.9 Å². The molecule has 2 atom stereocenters. The molecule has 1 heterocycles. The van der Waals surface area contributed by atoms with Crippen LogP contribution in [0.3, 0.4) is 0 Å². The SMILES string of the molecule is CC1(Br)C(=O)NC(=O)NC1Br. The Morgan fingerprint density at radius 1 is 1.55 bits per heavy atom. The van der Waals surface area contributed by atoms with Crippen LogP contribution in [0.5, 0.6) is 0 Å². The van der Waals surface area contributed by atoms with Crippen molar-refractivity contribution in [2.45, 2.75) is 16.2 Å². The Morgan fingerprint density at radius 2 is 2.09 bits per heavy atom. The Hall–Kier alpha value is -0.100. The number of nitrogens with one attached hydrogen (secondary N) is 2. The van der Waals surface area contributed by atoms with Gasteiger partial charge in [-0.2, -0.15) is 0 Å². The van der Waals surface area contributed by atoms with E-state index in [1.54, 1.807) is 6.92 Å². The van der Waals surface area contributed by atoms with Gasteiger partial charge >= 0.3 is 6.03 Å². The van der Waals surface area contributed by atoms with Gasteiger partial charge in [0.1, 0.15) is 9.28 Å². The van der Waals surface area contributed by atoms with Crippen molar-refractivity contribution < 1.29 is 9.59 Å². The third-order valence-corrected chi connectivity index (χ3v) is 3.98. The van der Waals surface area contributed by atoms with E-state index in [-0.39, 0.29) is 10.9 Å². The van der Waals surface area contributed by atoms with Crippen LogP contribution in [-0.4, -0.2) is 21.2 Å². The van der Waals surface area contributed by atoms with Crippen molar-refractivity contribution in [3.8, 4) is 0 Å². The first-order valence-corrected chi connectivity index (χ1v) is 4.60. The molecule has 0 spiro atoms. The first-order valence-electron chi connectivity index (χ1n) is 2.89. The van der Waals surface area contributed by atoms with Gasteiger partial charge in [-0.25, -0.2) is 4.79 Å². The fraction of sp³-hybridized carbons (Fsp3) is 0.600. The van der Waals surface area contributed by atoms with E-state index in [0.717, 1.165) is 0 Å². The maximum Gasteiger partial charge on any atom is 0.322 e. The van der Waals surface area contributed by atoms with E-state index in [9.17, 15) is 9.59 Å². The third kappa shape index (κ3) is 1.56. The van der Waals surface area contributed by atoms with E-state index < -0.39 is 10.4 Å². The summed E-state index contributed by atoms with van der Waals surface area (Å²) in [6.45, 7) is 1.67. The molecule has 62 valence electrons. The number of rotatable bonds is 0. The molecule has 6 heteroatoms. The molecule has 0 aromatic rings. The number of hydrogen-bond donors (Lipinski definition) is 2. The minimum atomic E-state index is -0.777. The average Bonchev–Trinajstić information content (AvgIpc) is 1.84. The van der Waals surface area contributed by atoms with Crippen LogP contribution < -0.4 is 10.6 Å². The predicted molar refractivity (Wildman–Crippen MR) is 46.7 cm³/mol. The van der Waals surface area contributed by atoms with Gasteiger partial charge < -0.3 is 5.32 Å². The summed E-state index contributed by atoms with van der Waals surface area (Å²) < 4.78 is -0.777. The molecule has 0 aromatic carbocycles. The largest absolute Gasteiger partial charge is 0.323 e. The van der Waals surface area contributed by atoms with Crippen molar-refractivity contribution >= 4 is 43.8 Å². The molecule has 11 heavy (non-hydrogen) atoms. The molecule has 0 saturated carbocycles. The number of carbonyl (C=O) groups is 2. The van der Waals surface area contributed by atoms with E-state index in [2.05, 4.69) is 42.5 Å². The Labute approximate surface area is 80.4 Å². The second-order valence-electron chi connectivity index (χ2n) is 2.37. The van der Waals surface area contributed by atoms with Gasteiger partial charge in [-0.05, 0) is 6.92 Å². The molecule has 0 aromatic heterocycles. The molecule has 1 fully saturated rings. The zero-order chi connectivity index (χ0) is 8.65. The second kappa shape index (κ2) is 2.75. The quantitative estimate of drug-likeness (QED) is 0.508. The molecule has 3 amide bonds. The van der Waals surface area contributed by atoms with Crippen molar-refractivity contribution in [3.05, 3.63) is 0 Å². The third-order valence-electron chi connectivity index (χ3n) is 1.40. The Kier molecular flexibility index (Phi) is 2.24. The molecule has 0 bridgehead atoms. The monoisotopic (exact) mass is 284 g/mol.